The van der Waals surface area contributed by atoms with Crippen LogP contribution < -0.4 is 0 Å². The van der Waals surface area contributed by atoms with Crippen LogP contribution in [-0.4, -0.2) is 9.97 Å². The largest absolute Gasteiger partial charge is 0.416 e. The molecule has 0 aliphatic rings. The molecule has 124 valence electrons. The van der Waals surface area contributed by atoms with Crippen molar-refractivity contribution in [2.24, 2.45) is 0 Å². The molecule has 25 heavy (non-hydrogen) atoms. The molecule has 0 spiro atoms. The van der Waals surface area contributed by atoms with Crippen LogP contribution in [0, 0.1) is 0 Å². The van der Waals surface area contributed by atoms with E-state index in [2.05, 4.69) is 9.97 Å². The number of nitrogens with one attached hydrogen (secondary N) is 1. The van der Waals surface area contributed by atoms with Crippen LogP contribution in [0.2, 0.25) is 0 Å². The second-order valence-corrected chi connectivity index (χ2v) is 5.72. The van der Waals surface area contributed by atoms with Gasteiger partial charge in [0, 0.05) is 5.56 Å². The number of aromatic amines is 1. The summed E-state index contributed by atoms with van der Waals surface area (Å²) in [5.41, 5.74) is 3.50. The molecule has 0 bridgehead atoms. The Morgan fingerprint density at radius 2 is 1.36 bits per heavy atom. The van der Waals surface area contributed by atoms with Crippen molar-refractivity contribution in [3.63, 3.8) is 0 Å². The number of nitrogens with zero attached hydrogens (tertiary/aromatic N) is 1. The van der Waals surface area contributed by atoms with E-state index in [1.165, 1.54) is 12.1 Å². The van der Waals surface area contributed by atoms with Crippen LogP contribution in [0.15, 0.2) is 72.8 Å². The number of H-pyrrole nitrogens is 1. The van der Waals surface area contributed by atoms with Gasteiger partial charge in [0.05, 0.1) is 16.6 Å². The summed E-state index contributed by atoms with van der Waals surface area (Å²) in [4.78, 5) is 7.86. The minimum absolute atomic E-state index is 0.655. The van der Waals surface area contributed by atoms with Crippen molar-refractivity contribution in [3.8, 4) is 22.5 Å². The van der Waals surface area contributed by atoms with E-state index in [1.807, 2.05) is 48.5 Å². The minimum Gasteiger partial charge on any atom is -0.338 e. The van der Waals surface area contributed by atoms with E-state index >= 15 is 0 Å². The Hall–Kier alpha value is -3.08. The molecule has 0 unspecified atom stereocenters. The number of alkyl halides is 3. The normalized spacial score (nSPS) is 11.8. The third kappa shape index (κ3) is 2.89. The Labute approximate surface area is 142 Å². The molecule has 1 N–H and O–H groups in total. The predicted octanol–water partition coefficient (Wildman–Crippen LogP) is 5.92. The smallest absolute Gasteiger partial charge is 0.338 e. The third-order valence-electron chi connectivity index (χ3n) is 4.09. The molecule has 1 aromatic heterocycles. The SMILES string of the molecule is FC(F)(F)c1ccc(-c2ccccc2-c2nc3ccccc3[nH]2)cc1. The molecule has 0 saturated carbocycles. The summed E-state index contributed by atoms with van der Waals surface area (Å²) >= 11 is 0. The van der Waals surface area contributed by atoms with Crippen LogP contribution in [0.25, 0.3) is 33.5 Å². The number of benzene rings is 3. The van der Waals surface area contributed by atoms with Crippen molar-refractivity contribution >= 4 is 11.0 Å². The molecular weight excluding hydrogens is 325 g/mol. The zero-order chi connectivity index (χ0) is 17.4. The predicted molar refractivity (Wildman–Crippen MR) is 92.0 cm³/mol. The summed E-state index contributed by atoms with van der Waals surface area (Å²) in [6.45, 7) is 0. The second-order valence-electron chi connectivity index (χ2n) is 5.72. The van der Waals surface area contributed by atoms with Gasteiger partial charge in [-0.05, 0) is 35.4 Å². The van der Waals surface area contributed by atoms with Gasteiger partial charge in [0.1, 0.15) is 5.82 Å². The standard InChI is InChI=1S/C20H13F3N2/c21-20(22,23)14-11-9-13(10-12-14)15-5-1-2-6-16(15)19-24-17-7-3-4-8-18(17)25-19/h1-12H,(H,24,25). The van der Waals surface area contributed by atoms with Crippen molar-refractivity contribution < 1.29 is 13.2 Å². The fraction of sp³-hybridized carbons (Fsp3) is 0.0500. The molecule has 4 aromatic rings. The van der Waals surface area contributed by atoms with Gasteiger partial charge in [0.15, 0.2) is 0 Å². The van der Waals surface area contributed by atoms with Gasteiger partial charge in [-0.3, -0.25) is 0 Å². The number of rotatable bonds is 2. The summed E-state index contributed by atoms with van der Waals surface area (Å²) in [5.74, 6) is 0.691. The third-order valence-corrected chi connectivity index (χ3v) is 4.09. The maximum atomic E-state index is 12.8. The molecule has 1 heterocycles. The monoisotopic (exact) mass is 338 g/mol. The number of imidazole rings is 1. The van der Waals surface area contributed by atoms with Gasteiger partial charge in [-0.25, -0.2) is 4.98 Å². The lowest BCUT2D eigenvalue weighted by molar-refractivity contribution is -0.137. The van der Waals surface area contributed by atoms with Gasteiger partial charge in [-0.15, -0.1) is 0 Å². The number of para-hydroxylation sites is 2. The van der Waals surface area contributed by atoms with Crippen molar-refractivity contribution in [2.75, 3.05) is 0 Å². The molecule has 4 rings (SSSR count). The Morgan fingerprint density at radius 1 is 0.720 bits per heavy atom. The van der Waals surface area contributed by atoms with E-state index in [0.717, 1.165) is 34.3 Å². The number of hydrogen-bond acceptors (Lipinski definition) is 1. The molecule has 0 aliphatic heterocycles. The van der Waals surface area contributed by atoms with Crippen LogP contribution >= 0.6 is 0 Å². The Balaban J connectivity index is 1.81. The molecule has 0 fully saturated rings. The molecule has 0 radical (unpaired) electrons. The van der Waals surface area contributed by atoms with Gasteiger partial charge in [0.25, 0.3) is 0 Å². The lowest BCUT2D eigenvalue weighted by Gasteiger charge is -2.10. The molecule has 0 amide bonds. The van der Waals surface area contributed by atoms with E-state index < -0.39 is 11.7 Å². The van der Waals surface area contributed by atoms with E-state index in [4.69, 9.17) is 0 Å². The average molecular weight is 338 g/mol. The fourth-order valence-corrected chi connectivity index (χ4v) is 2.86. The van der Waals surface area contributed by atoms with Gasteiger partial charge in [-0.1, -0.05) is 48.5 Å². The first kappa shape index (κ1) is 15.4. The van der Waals surface area contributed by atoms with E-state index in [1.54, 1.807) is 0 Å². The molecular formula is C20H13F3N2. The highest BCUT2D eigenvalue weighted by Gasteiger charge is 2.30. The molecule has 0 atom stereocenters. The summed E-state index contributed by atoms with van der Waals surface area (Å²) in [7, 11) is 0. The Morgan fingerprint density at radius 3 is 2.04 bits per heavy atom. The molecule has 5 heteroatoms. The maximum Gasteiger partial charge on any atom is 0.416 e. The van der Waals surface area contributed by atoms with E-state index in [-0.39, 0.29) is 0 Å². The molecule has 0 saturated heterocycles. The molecule has 3 aromatic carbocycles. The van der Waals surface area contributed by atoms with Crippen molar-refractivity contribution in [1.29, 1.82) is 0 Å². The summed E-state index contributed by atoms with van der Waals surface area (Å²) in [5, 5.41) is 0. The van der Waals surface area contributed by atoms with Gasteiger partial charge in [-0.2, -0.15) is 13.2 Å². The summed E-state index contributed by atoms with van der Waals surface area (Å²) < 4.78 is 38.3. The van der Waals surface area contributed by atoms with Crippen molar-refractivity contribution in [1.82, 2.24) is 9.97 Å². The zero-order valence-corrected chi connectivity index (χ0v) is 13.0. The average Bonchev–Trinajstić information content (AvgIpc) is 3.05. The van der Waals surface area contributed by atoms with Crippen LogP contribution in [0.1, 0.15) is 5.56 Å². The topological polar surface area (TPSA) is 28.7 Å². The minimum atomic E-state index is -4.34. The van der Waals surface area contributed by atoms with Gasteiger partial charge in [0.2, 0.25) is 0 Å². The maximum absolute atomic E-state index is 12.8. The van der Waals surface area contributed by atoms with E-state index in [9.17, 15) is 13.2 Å². The molecule has 2 nitrogen and oxygen atoms in total. The second kappa shape index (κ2) is 5.77. The first-order valence-electron chi connectivity index (χ1n) is 7.74. The Kier molecular flexibility index (Phi) is 3.57. The number of halogens is 3. The van der Waals surface area contributed by atoms with Gasteiger partial charge < -0.3 is 4.98 Å². The van der Waals surface area contributed by atoms with Crippen LogP contribution in [0.4, 0.5) is 13.2 Å². The summed E-state index contributed by atoms with van der Waals surface area (Å²) in [6, 6.07) is 20.4. The highest BCUT2D eigenvalue weighted by atomic mass is 19.4. The Bertz CT molecular complexity index is 998. The highest BCUT2D eigenvalue weighted by Crippen LogP contribution is 2.34. The lowest BCUT2D eigenvalue weighted by atomic mass is 9.98. The van der Waals surface area contributed by atoms with Crippen molar-refractivity contribution in [2.45, 2.75) is 6.18 Å². The quantitative estimate of drug-likeness (QED) is 0.483. The van der Waals surface area contributed by atoms with E-state index in [0.29, 0.717) is 11.4 Å². The van der Waals surface area contributed by atoms with Crippen molar-refractivity contribution in [3.05, 3.63) is 78.4 Å². The number of aromatic nitrogens is 2. The number of hydrogen-bond donors (Lipinski definition) is 1. The van der Waals surface area contributed by atoms with Crippen LogP contribution in [-0.2, 0) is 6.18 Å². The van der Waals surface area contributed by atoms with Crippen LogP contribution in [0.5, 0.6) is 0 Å². The number of fused-ring (bicyclic) bond motifs is 1. The zero-order valence-electron chi connectivity index (χ0n) is 13.0. The first-order valence-corrected chi connectivity index (χ1v) is 7.74. The molecule has 0 aliphatic carbocycles. The highest BCUT2D eigenvalue weighted by molar-refractivity contribution is 5.85. The van der Waals surface area contributed by atoms with Gasteiger partial charge >= 0.3 is 6.18 Å². The first-order chi connectivity index (χ1) is 12.0. The fourth-order valence-electron chi connectivity index (χ4n) is 2.86. The lowest BCUT2D eigenvalue weighted by Crippen LogP contribution is -2.04. The summed E-state index contributed by atoms with van der Waals surface area (Å²) in [6.07, 6.45) is -4.34. The van der Waals surface area contributed by atoms with Crippen LogP contribution in [0.3, 0.4) is 0 Å².